The molecule has 0 unspecified atom stereocenters. The van der Waals surface area contributed by atoms with Crippen LogP contribution >= 0.6 is 11.6 Å². The van der Waals surface area contributed by atoms with Gasteiger partial charge in [0.25, 0.3) is 0 Å². The third kappa shape index (κ3) is 2.40. The van der Waals surface area contributed by atoms with Crippen LogP contribution in [0.3, 0.4) is 0 Å². The van der Waals surface area contributed by atoms with Gasteiger partial charge in [-0.2, -0.15) is 0 Å². The fourth-order valence-electron chi connectivity index (χ4n) is 1.65. The van der Waals surface area contributed by atoms with E-state index in [2.05, 4.69) is 44.2 Å². The summed E-state index contributed by atoms with van der Waals surface area (Å²) in [5.41, 5.74) is 4.86. The van der Waals surface area contributed by atoms with E-state index < -0.39 is 0 Å². The molecule has 0 bridgehead atoms. The predicted molar refractivity (Wildman–Crippen MR) is 66.4 cm³/mol. The molecule has 0 amide bonds. The van der Waals surface area contributed by atoms with E-state index in [0.29, 0.717) is 0 Å². The molecule has 0 radical (unpaired) electrons. The standard InChI is InChI=1S/C14H13Cl/c1-10-3-5-12(6-4-10)13-7-11(2)8-14(15)9-13/h3-9H,1-2H3. The predicted octanol–water partition coefficient (Wildman–Crippen LogP) is 4.62. The molecule has 0 heterocycles. The molecule has 0 spiro atoms. The molecule has 2 aromatic rings. The third-order valence-corrected chi connectivity index (χ3v) is 2.65. The highest BCUT2D eigenvalue weighted by Gasteiger charge is 1.99. The van der Waals surface area contributed by atoms with Crippen LogP contribution in [0.4, 0.5) is 0 Å². The fraction of sp³-hybridized carbons (Fsp3) is 0.143. The van der Waals surface area contributed by atoms with Crippen molar-refractivity contribution >= 4 is 11.6 Å². The highest BCUT2D eigenvalue weighted by Crippen LogP contribution is 2.24. The van der Waals surface area contributed by atoms with Gasteiger partial charge in [-0.3, -0.25) is 0 Å². The van der Waals surface area contributed by atoms with E-state index in [9.17, 15) is 0 Å². The second-order valence-electron chi connectivity index (χ2n) is 3.88. The van der Waals surface area contributed by atoms with Crippen molar-refractivity contribution in [2.75, 3.05) is 0 Å². The summed E-state index contributed by atoms with van der Waals surface area (Å²) in [7, 11) is 0. The molecule has 0 saturated carbocycles. The molecule has 0 aliphatic rings. The first-order chi connectivity index (χ1) is 7.15. The molecule has 15 heavy (non-hydrogen) atoms. The second kappa shape index (κ2) is 4.08. The van der Waals surface area contributed by atoms with Gasteiger partial charge >= 0.3 is 0 Å². The van der Waals surface area contributed by atoms with Gasteiger partial charge in [0.05, 0.1) is 0 Å². The lowest BCUT2D eigenvalue weighted by Crippen LogP contribution is -1.81. The van der Waals surface area contributed by atoms with E-state index in [4.69, 9.17) is 11.6 Å². The number of aryl methyl sites for hydroxylation is 2. The van der Waals surface area contributed by atoms with Crippen LogP contribution in [0.25, 0.3) is 11.1 Å². The monoisotopic (exact) mass is 216 g/mol. The molecular weight excluding hydrogens is 204 g/mol. The fourth-order valence-corrected chi connectivity index (χ4v) is 1.94. The van der Waals surface area contributed by atoms with Crippen LogP contribution in [0.1, 0.15) is 11.1 Å². The Morgan fingerprint density at radius 3 is 2.00 bits per heavy atom. The molecule has 0 fully saturated rings. The van der Waals surface area contributed by atoms with E-state index in [0.717, 1.165) is 5.02 Å². The minimum atomic E-state index is 0.797. The lowest BCUT2D eigenvalue weighted by molar-refractivity contribution is 1.44. The average molecular weight is 217 g/mol. The Labute approximate surface area is 95.5 Å². The van der Waals surface area contributed by atoms with Crippen molar-refractivity contribution in [2.24, 2.45) is 0 Å². The normalized spacial score (nSPS) is 10.3. The molecular formula is C14H13Cl. The summed E-state index contributed by atoms with van der Waals surface area (Å²) < 4.78 is 0. The van der Waals surface area contributed by atoms with Crippen LogP contribution in [0.15, 0.2) is 42.5 Å². The molecule has 2 aromatic carbocycles. The van der Waals surface area contributed by atoms with Crippen LogP contribution in [-0.2, 0) is 0 Å². The van der Waals surface area contributed by atoms with Crippen molar-refractivity contribution in [3.8, 4) is 11.1 Å². The van der Waals surface area contributed by atoms with Crippen molar-refractivity contribution in [2.45, 2.75) is 13.8 Å². The first-order valence-electron chi connectivity index (χ1n) is 4.99. The molecule has 0 N–H and O–H groups in total. The number of hydrogen-bond acceptors (Lipinski definition) is 0. The Morgan fingerprint density at radius 2 is 1.40 bits per heavy atom. The SMILES string of the molecule is Cc1ccc(-c2cc(C)cc(Cl)c2)cc1. The van der Waals surface area contributed by atoms with Crippen LogP contribution in [0, 0.1) is 13.8 Å². The summed E-state index contributed by atoms with van der Waals surface area (Å²) in [5.74, 6) is 0. The van der Waals surface area contributed by atoms with Gasteiger partial charge < -0.3 is 0 Å². The zero-order valence-corrected chi connectivity index (χ0v) is 9.68. The molecule has 2 rings (SSSR count). The number of benzene rings is 2. The smallest absolute Gasteiger partial charge is 0.0414 e. The first kappa shape index (κ1) is 10.3. The topological polar surface area (TPSA) is 0 Å². The van der Waals surface area contributed by atoms with Crippen LogP contribution < -0.4 is 0 Å². The Balaban J connectivity index is 2.49. The second-order valence-corrected chi connectivity index (χ2v) is 4.32. The van der Waals surface area contributed by atoms with Gasteiger partial charge in [0.15, 0.2) is 0 Å². The van der Waals surface area contributed by atoms with Crippen molar-refractivity contribution in [3.05, 3.63) is 58.6 Å². The highest BCUT2D eigenvalue weighted by molar-refractivity contribution is 6.30. The Kier molecular flexibility index (Phi) is 2.79. The van der Waals surface area contributed by atoms with Gasteiger partial charge in [-0.25, -0.2) is 0 Å². The van der Waals surface area contributed by atoms with Crippen molar-refractivity contribution in [1.82, 2.24) is 0 Å². The van der Waals surface area contributed by atoms with Gasteiger partial charge in [-0.15, -0.1) is 0 Å². The van der Waals surface area contributed by atoms with Gasteiger partial charge in [0.2, 0.25) is 0 Å². The summed E-state index contributed by atoms with van der Waals surface area (Å²) in [6.07, 6.45) is 0. The summed E-state index contributed by atoms with van der Waals surface area (Å²) in [5, 5.41) is 0.797. The van der Waals surface area contributed by atoms with Crippen LogP contribution in [-0.4, -0.2) is 0 Å². The largest absolute Gasteiger partial charge is 0.0843 e. The maximum Gasteiger partial charge on any atom is 0.0414 e. The van der Waals surface area contributed by atoms with E-state index in [1.165, 1.54) is 22.3 Å². The van der Waals surface area contributed by atoms with Gasteiger partial charge in [-0.05, 0) is 42.7 Å². The zero-order chi connectivity index (χ0) is 10.8. The van der Waals surface area contributed by atoms with Crippen LogP contribution in [0.2, 0.25) is 5.02 Å². The highest BCUT2D eigenvalue weighted by atomic mass is 35.5. The first-order valence-corrected chi connectivity index (χ1v) is 5.37. The zero-order valence-electron chi connectivity index (χ0n) is 8.92. The maximum absolute atomic E-state index is 6.03. The van der Waals surface area contributed by atoms with E-state index >= 15 is 0 Å². The molecule has 76 valence electrons. The number of rotatable bonds is 1. The van der Waals surface area contributed by atoms with Crippen LogP contribution in [0.5, 0.6) is 0 Å². The summed E-state index contributed by atoms with van der Waals surface area (Å²) >= 11 is 6.03. The lowest BCUT2D eigenvalue weighted by atomic mass is 10.0. The van der Waals surface area contributed by atoms with E-state index in [1.807, 2.05) is 12.1 Å². The lowest BCUT2D eigenvalue weighted by Gasteiger charge is -2.04. The van der Waals surface area contributed by atoms with Crippen molar-refractivity contribution in [1.29, 1.82) is 0 Å². The molecule has 0 aliphatic carbocycles. The molecule has 0 nitrogen and oxygen atoms in total. The van der Waals surface area contributed by atoms with Gasteiger partial charge in [-0.1, -0.05) is 47.5 Å². The summed E-state index contributed by atoms with van der Waals surface area (Å²) in [4.78, 5) is 0. The molecule has 0 aromatic heterocycles. The van der Waals surface area contributed by atoms with Crippen molar-refractivity contribution in [3.63, 3.8) is 0 Å². The molecule has 0 atom stereocenters. The minimum Gasteiger partial charge on any atom is -0.0843 e. The Morgan fingerprint density at radius 1 is 0.733 bits per heavy atom. The Bertz CT molecular complexity index is 449. The third-order valence-electron chi connectivity index (χ3n) is 2.43. The quantitative estimate of drug-likeness (QED) is 0.652. The van der Waals surface area contributed by atoms with Crippen molar-refractivity contribution < 1.29 is 0 Å². The molecule has 1 heteroatoms. The number of halogens is 1. The minimum absolute atomic E-state index is 0.797. The Hall–Kier alpha value is -1.27. The van der Waals surface area contributed by atoms with Gasteiger partial charge in [0.1, 0.15) is 0 Å². The number of hydrogen-bond donors (Lipinski definition) is 0. The molecule has 0 saturated heterocycles. The summed E-state index contributed by atoms with van der Waals surface area (Å²) in [6.45, 7) is 4.15. The van der Waals surface area contributed by atoms with Gasteiger partial charge in [0, 0.05) is 5.02 Å². The van der Waals surface area contributed by atoms with E-state index in [1.54, 1.807) is 0 Å². The molecule has 0 aliphatic heterocycles. The summed E-state index contributed by atoms with van der Waals surface area (Å²) in [6, 6.07) is 14.6. The van der Waals surface area contributed by atoms with E-state index in [-0.39, 0.29) is 0 Å². The average Bonchev–Trinajstić information content (AvgIpc) is 2.17. The maximum atomic E-state index is 6.03.